The van der Waals surface area contributed by atoms with Crippen molar-refractivity contribution in [1.29, 1.82) is 0 Å². The standard InChI is InChI=1S/C26H20ClNO5/c1-31-16-11-12-19(25(13-16)32-2)24(29)15-33-26(30)20-14-23(18-8-3-5-9-21(18)27)28-22-10-6-4-7-17(20)22/h3-14H,15H2,1-2H3. The highest BCUT2D eigenvalue weighted by Crippen LogP contribution is 2.30. The van der Waals surface area contributed by atoms with Crippen LogP contribution in [0.4, 0.5) is 0 Å². The Morgan fingerprint density at radius 2 is 1.64 bits per heavy atom. The molecule has 0 spiro atoms. The van der Waals surface area contributed by atoms with Crippen LogP contribution in [0, 0.1) is 0 Å². The summed E-state index contributed by atoms with van der Waals surface area (Å²) in [5.74, 6) is -0.142. The van der Waals surface area contributed by atoms with E-state index in [9.17, 15) is 9.59 Å². The van der Waals surface area contributed by atoms with Crippen LogP contribution in [-0.2, 0) is 4.74 Å². The van der Waals surface area contributed by atoms with Crippen molar-refractivity contribution in [1.82, 2.24) is 4.98 Å². The number of rotatable bonds is 7. The first-order chi connectivity index (χ1) is 16.0. The van der Waals surface area contributed by atoms with Gasteiger partial charge in [0.25, 0.3) is 0 Å². The van der Waals surface area contributed by atoms with E-state index in [4.69, 9.17) is 25.8 Å². The van der Waals surface area contributed by atoms with Crippen LogP contribution in [-0.4, -0.2) is 37.6 Å². The average Bonchev–Trinajstić information content (AvgIpc) is 2.86. The van der Waals surface area contributed by atoms with Crippen molar-refractivity contribution in [2.24, 2.45) is 0 Å². The number of benzene rings is 3. The highest BCUT2D eigenvalue weighted by Gasteiger charge is 2.19. The normalized spacial score (nSPS) is 10.6. The lowest BCUT2D eigenvalue weighted by Gasteiger charge is -2.12. The van der Waals surface area contributed by atoms with Crippen LogP contribution < -0.4 is 9.47 Å². The molecular formula is C26H20ClNO5. The SMILES string of the molecule is COc1ccc(C(=O)COC(=O)c2cc(-c3ccccc3Cl)nc3ccccc23)c(OC)c1. The van der Waals surface area contributed by atoms with E-state index < -0.39 is 18.4 Å². The molecule has 0 atom stereocenters. The fourth-order valence-corrected chi connectivity index (χ4v) is 3.70. The Morgan fingerprint density at radius 1 is 0.879 bits per heavy atom. The molecule has 1 aromatic heterocycles. The van der Waals surface area contributed by atoms with E-state index in [1.807, 2.05) is 30.3 Å². The summed E-state index contributed by atoms with van der Waals surface area (Å²) >= 11 is 6.34. The number of Topliss-reactive ketones (excluding diaryl/α,β-unsaturated/α-hetero) is 1. The summed E-state index contributed by atoms with van der Waals surface area (Å²) in [5, 5.41) is 1.13. The molecule has 0 aliphatic carbocycles. The van der Waals surface area contributed by atoms with Gasteiger partial charge in [0.05, 0.1) is 36.6 Å². The van der Waals surface area contributed by atoms with Crippen molar-refractivity contribution in [3.63, 3.8) is 0 Å². The van der Waals surface area contributed by atoms with E-state index >= 15 is 0 Å². The first-order valence-corrected chi connectivity index (χ1v) is 10.5. The van der Waals surface area contributed by atoms with Gasteiger partial charge in [-0.1, -0.05) is 48.0 Å². The average molecular weight is 462 g/mol. The van der Waals surface area contributed by atoms with Gasteiger partial charge in [-0.3, -0.25) is 4.79 Å². The quantitative estimate of drug-likeness (QED) is 0.263. The maximum absolute atomic E-state index is 13.0. The fourth-order valence-electron chi connectivity index (χ4n) is 3.47. The Labute approximate surface area is 195 Å². The van der Waals surface area contributed by atoms with Crippen molar-refractivity contribution in [2.75, 3.05) is 20.8 Å². The van der Waals surface area contributed by atoms with Gasteiger partial charge >= 0.3 is 5.97 Å². The molecule has 4 rings (SSSR count). The first-order valence-electron chi connectivity index (χ1n) is 10.1. The van der Waals surface area contributed by atoms with E-state index in [1.54, 1.807) is 42.5 Å². The van der Waals surface area contributed by atoms with Gasteiger partial charge in [0.1, 0.15) is 11.5 Å². The minimum Gasteiger partial charge on any atom is -0.497 e. The summed E-state index contributed by atoms with van der Waals surface area (Å²) in [6.07, 6.45) is 0. The second-order valence-electron chi connectivity index (χ2n) is 7.12. The zero-order valence-electron chi connectivity index (χ0n) is 18.0. The van der Waals surface area contributed by atoms with Crippen molar-refractivity contribution < 1.29 is 23.8 Å². The molecule has 7 heteroatoms. The predicted octanol–water partition coefficient (Wildman–Crippen LogP) is 5.61. The molecule has 0 aliphatic rings. The van der Waals surface area contributed by atoms with Crippen LogP contribution in [0.3, 0.4) is 0 Å². The van der Waals surface area contributed by atoms with E-state index in [0.717, 1.165) is 0 Å². The Hall–Kier alpha value is -3.90. The molecule has 166 valence electrons. The molecule has 0 aliphatic heterocycles. The molecule has 0 fully saturated rings. The third-order valence-corrected chi connectivity index (χ3v) is 5.46. The molecular weight excluding hydrogens is 442 g/mol. The summed E-state index contributed by atoms with van der Waals surface area (Å²) in [6, 6.07) is 20.9. The maximum atomic E-state index is 13.0. The summed E-state index contributed by atoms with van der Waals surface area (Å²) in [7, 11) is 2.98. The number of hydrogen-bond acceptors (Lipinski definition) is 6. The van der Waals surface area contributed by atoms with Gasteiger partial charge in [-0.15, -0.1) is 0 Å². The second kappa shape index (κ2) is 9.71. The third kappa shape index (κ3) is 4.66. The number of ether oxygens (including phenoxy) is 3. The third-order valence-electron chi connectivity index (χ3n) is 5.13. The summed E-state index contributed by atoms with van der Waals surface area (Å²) in [6.45, 7) is -0.445. The van der Waals surface area contributed by atoms with E-state index in [1.165, 1.54) is 14.2 Å². The number of carbonyl (C=O) groups is 2. The number of aromatic nitrogens is 1. The van der Waals surface area contributed by atoms with Gasteiger partial charge in [-0.05, 0) is 30.3 Å². The Balaban J connectivity index is 1.63. The Bertz CT molecular complexity index is 1350. The molecule has 6 nitrogen and oxygen atoms in total. The first kappa shape index (κ1) is 22.3. The summed E-state index contributed by atoms with van der Waals surface area (Å²) < 4.78 is 15.8. The monoisotopic (exact) mass is 461 g/mol. The van der Waals surface area contributed by atoms with Crippen LogP contribution >= 0.6 is 11.6 Å². The van der Waals surface area contributed by atoms with Crippen LogP contribution in [0.25, 0.3) is 22.2 Å². The molecule has 0 amide bonds. The number of ketones is 1. The number of methoxy groups -OCH3 is 2. The molecule has 3 aromatic carbocycles. The molecule has 0 saturated carbocycles. The fraction of sp³-hybridized carbons (Fsp3) is 0.115. The molecule has 0 bridgehead atoms. The molecule has 0 radical (unpaired) electrons. The van der Waals surface area contributed by atoms with E-state index in [2.05, 4.69) is 4.98 Å². The predicted molar refractivity (Wildman–Crippen MR) is 126 cm³/mol. The lowest BCUT2D eigenvalue weighted by molar-refractivity contribution is 0.0476. The highest BCUT2D eigenvalue weighted by atomic mass is 35.5. The summed E-state index contributed by atoms with van der Waals surface area (Å²) in [4.78, 5) is 30.4. The molecule has 4 aromatic rings. The van der Waals surface area contributed by atoms with Gasteiger partial charge < -0.3 is 14.2 Å². The second-order valence-corrected chi connectivity index (χ2v) is 7.52. The van der Waals surface area contributed by atoms with E-state index in [-0.39, 0.29) is 0 Å². The lowest BCUT2D eigenvalue weighted by atomic mass is 10.0. The molecule has 33 heavy (non-hydrogen) atoms. The highest BCUT2D eigenvalue weighted by molar-refractivity contribution is 6.33. The summed E-state index contributed by atoms with van der Waals surface area (Å²) in [5.41, 5.74) is 2.44. The van der Waals surface area contributed by atoms with E-state index in [0.29, 0.717) is 49.8 Å². The van der Waals surface area contributed by atoms with Crippen LogP contribution in [0.15, 0.2) is 72.8 Å². The van der Waals surface area contributed by atoms with Gasteiger partial charge in [0, 0.05) is 22.0 Å². The minimum atomic E-state index is -0.636. The number of halogens is 1. The number of carbonyl (C=O) groups excluding carboxylic acids is 2. The van der Waals surface area contributed by atoms with Crippen molar-refractivity contribution in [3.05, 3.63) is 88.9 Å². The number of fused-ring (bicyclic) bond motifs is 1. The van der Waals surface area contributed by atoms with Crippen LogP contribution in [0.1, 0.15) is 20.7 Å². The van der Waals surface area contributed by atoms with Gasteiger partial charge in [-0.25, -0.2) is 9.78 Å². The van der Waals surface area contributed by atoms with Gasteiger partial charge in [-0.2, -0.15) is 0 Å². The van der Waals surface area contributed by atoms with Gasteiger partial charge in [0.15, 0.2) is 6.61 Å². The molecule has 0 N–H and O–H groups in total. The number of nitrogens with zero attached hydrogens (tertiary/aromatic N) is 1. The number of para-hydroxylation sites is 1. The lowest BCUT2D eigenvalue weighted by Crippen LogP contribution is -2.15. The van der Waals surface area contributed by atoms with Gasteiger partial charge in [0.2, 0.25) is 5.78 Å². The van der Waals surface area contributed by atoms with Crippen LogP contribution in [0.2, 0.25) is 5.02 Å². The zero-order valence-corrected chi connectivity index (χ0v) is 18.8. The van der Waals surface area contributed by atoms with Crippen molar-refractivity contribution in [2.45, 2.75) is 0 Å². The minimum absolute atomic E-state index is 0.294. The molecule has 0 unspecified atom stereocenters. The van der Waals surface area contributed by atoms with Crippen LogP contribution in [0.5, 0.6) is 11.5 Å². The Kier molecular flexibility index (Phi) is 6.56. The smallest absolute Gasteiger partial charge is 0.339 e. The largest absolute Gasteiger partial charge is 0.497 e. The number of esters is 1. The maximum Gasteiger partial charge on any atom is 0.339 e. The molecule has 0 saturated heterocycles. The number of hydrogen-bond donors (Lipinski definition) is 0. The van der Waals surface area contributed by atoms with Crippen molar-refractivity contribution >= 4 is 34.3 Å². The number of pyridine rings is 1. The topological polar surface area (TPSA) is 74.7 Å². The van der Waals surface area contributed by atoms with Crippen molar-refractivity contribution in [3.8, 4) is 22.8 Å². The Morgan fingerprint density at radius 3 is 2.39 bits per heavy atom. The zero-order chi connectivity index (χ0) is 23.4. The molecule has 1 heterocycles.